The molecule has 2 heterocycles. The van der Waals surface area contributed by atoms with Gasteiger partial charge in [-0.05, 0) is 19.8 Å². The van der Waals surface area contributed by atoms with Crippen molar-refractivity contribution in [2.24, 2.45) is 0 Å². The quantitative estimate of drug-likeness (QED) is 0.536. The topological polar surface area (TPSA) is 56.3 Å². The van der Waals surface area contributed by atoms with Crippen molar-refractivity contribution in [3.05, 3.63) is 15.6 Å². The number of aromatic nitrogens is 1. The van der Waals surface area contributed by atoms with Gasteiger partial charge in [-0.3, -0.25) is 4.90 Å². The molecule has 1 saturated carbocycles. The van der Waals surface area contributed by atoms with Crippen molar-refractivity contribution in [2.45, 2.75) is 38.3 Å². The fourth-order valence-electron chi connectivity index (χ4n) is 2.24. The number of carboxylic acid groups (broad SMARTS) is 1. The third-order valence-electron chi connectivity index (χ3n) is 3.64. The van der Waals surface area contributed by atoms with Crippen LogP contribution in [-0.4, -0.2) is 27.9 Å². The van der Waals surface area contributed by atoms with Crippen LogP contribution in [0.25, 0.3) is 0 Å². The largest absolute Gasteiger partial charge is 1.00 e. The van der Waals surface area contributed by atoms with E-state index in [4.69, 9.17) is 0 Å². The zero-order chi connectivity index (χ0) is 11.3. The fraction of sp³-hybridized carbons (Fsp3) is 0.636. The van der Waals surface area contributed by atoms with Crippen molar-refractivity contribution in [3.8, 4) is 0 Å². The van der Waals surface area contributed by atoms with Crippen molar-refractivity contribution in [3.63, 3.8) is 0 Å². The molecule has 0 amide bonds. The molecule has 86 valence electrons. The number of carboxylic acids is 1. The minimum absolute atomic E-state index is 0. The van der Waals surface area contributed by atoms with Gasteiger partial charge in [-0.25, -0.2) is 4.98 Å². The number of fused-ring (bicyclic) bond motifs is 1. The van der Waals surface area contributed by atoms with Gasteiger partial charge in [0.25, 0.3) is 0 Å². The van der Waals surface area contributed by atoms with E-state index in [0.29, 0.717) is 5.54 Å². The number of aromatic carboxylic acids is 1. The summed E-state index contributed by atoms with van der Waals surface area (Å²) in [5, 5.41) is 10.9. The van der Waals surface area contributed by atoms with Gasteiger partial charge in [0.15, 0.2) is 0 Å². The van der Waals surface area contributed by atoms with Crippen LogP contribution in [0.15, 0.2) is 0 Å². The molecular formula is C11H13LiN2O2S. The molecule has 4 nitrogen and oxygen atoms in total. The number of rotatable bonds is 2. The van der Waals surface area contributed by atoms with E-state index in [1.165, 1.54) is 24.2 Å². The Morgan fingerprint density at radius 3 is 2.82 bits per heavy atom. The second-order valence-electron chi connectivity index (χ2n) is 4.84. The van der Waals surface area contributed by atoms with Gasteiger partial charge in [0.1, 0.15) is 11.0 Å². The van der Waals surface area contributed by atoms with Crippen LogP contribution in [0.1, 0.15) is 40.1 Å². The SMILES string of the molecule is CC1(N2CCc3nc(C(=O)[O-])sc3C2)CC1.[Li+]. The Balaban J connectivity index is 0.00000108. The average molecular weight is 244 g/mol. The molecule has 0 N–H and O–H groups in total. The van der Waals surface area contributed by atoms with Gasteiger partial charge in [-0.2, -0.15) is 0 Å². The van der Waals surface area contributed by atoms with Gasteiger partial charge >= 0.3 is 18.9 Å². The van der Waals surface area contributed by atoms with E-state index in [1.54, 1.807) is 0 Å². The van der Waals surface area contributed by atoms with E-state index in [1.807, 2.05) is 0 Å². The molecule has 0 saturated heterocycles. The third-order valence-corrected chi connectivity index (χ3v) is 4.71. The van der Waals surface area contributed by atoms with Crippen LogP contribution in [-0.2, 0) is 13.0 Å². The molecule has 1 aromatic rings. The number of carbonyl (C=O) groups excluding carboxylic acids is 1. The second-order valence-corrected chi connectivity index (χ2v) is 5.93. The Hall–Kier alpha value is -0.343. The molecule has 1 aromatic heterocycles. The molecule has 0 atom stereocenters. The molecular weight excluding hydrogens is 231 g/mol. The van der Waals surface area contributed by atoms with Crippen LogP contribution in [0.5, 0.6) is 0 Å². The number of carbonyl (C=O) groups is 1. The summed E-state index contributed by atoms with van der Waals surface area (Å²) in [4.78, 5) is 18.4. The van der Waals surface area contributed by atoms with Crippen molar-refractivity contribution >= 4 is 17.3 Å². The van der Waals surface area contributed by atoms with E-state index < -0.39 is 5.97 Å². The Morgan fingerprint density at radius 1 is 1.53 bits per heavy atom. The number of thiazole rings is 1. The van der Waals surface area contributed by atoms with Gasteiger partial charge in [0, 0.05) is 29.9 Å². The predicted molar refractivity (Wildman–Crippen MR) is 58.2 cm³/mol. The summed E-state index contributed by atoms with van der Waals surface area (Å²) in [7, 11) is 0. The Morgan fingerprint density at radius 2 is 2.24 bits per heavy atom. The molecule has 0 spiro atoms. The normalized spacial score (nSPS) is 21.5. The van der Waals surface area contributed by atoms with Crippen LogP contribution < -0.4 is 24.0 Å². The van der Waals surface area contributed by atoms with Gasteiger partial charge in [0.2, 0.25) is 0 Å². The van der Waals surface area contributed by atoms with Crippen molar-refractivity contribution in [2.75, 3.05) is 6.54 Å². The summed E-state index contributed by atoms with van der Waals surface area (Å²) in [5.41, 5.74) is 1.33. The van der Waals surface area contributed by atoms with Crippen LogP contribution >= 0.6 is 11.3 Å². The number of nitrogens with zero attached hydrogens (tertiary/aromatic N) is 2. The summed E-state index contributed by atoms with van der Waals surface area (Å²) in [6.07, 6.45) is 3.39. The third kappa shape index (κ3) is 2.30. The monoisotopic (exact) mass is 244 g/mol. The van der Waals surface area contributed by atoms with Crippen LogP contribution in [0, 0.1) is 0 Å². The average Bonchev–Trinajstić information content (AvgIpc) is 2.86. The molecule has 0 unspecified atom stereocenters. The Kier molecular flexibility index (Phi) is 3.39. The second kappa shape index (κ2) is 4.40. The zero-order valence-electron chi connectivity index (χ0n) is 10.2. The molecule has 0 radical (unpaired) electrons. The first-order valence-corrected chi connectivity index (χ1v) is 6.35. The maximum absolute atomic E-state index is 10.7. The maximum Gasteiger partial charge on any atom is 1.00 e. The molecule has 6 heteroatoms. The predicted octanol–water partition coefficient (Wildman–Crippen LogP) is -2.58. The Labute approximate surface area is 116 Å². The van der Waals surface area contributed by atoms with E-state index in [-0.39, 0.29) is 23.9 Å². The molecule has 1 aliphatic carbocycles. The molecule has 3 rings (SSSR count). The molecule has 1 fully saturated rings. The first-order valence-electron chi connectivity index (χ1n) is 5.53. The summed E-state index contributed by atoms with van der Waals surface area (Å²) >= 11 is 1.28. The van der Waals surface area contributed by atoms with Crippen LogP contribution in [0.3, 0.4) is 0 Å². The number of hydrogen-bond acceptors (Lipinski definition) is 5. The van der Waals surface area contributed by atoms with E-state index >= 15 is 0 Å². The first-order chi connectivity index (χ1) is 7.58. The molecule has 1 aliphatic heterocycles. The van der Waals surface area contributed by atoms with E-state index in [2.05, 4.69) is 16.8 Å². The molecule has 2 aliphatic rings. The van der Waals surface area contributed by atoms with E-state index in [9.17, 15) is 9.90 Å². The van der Waals surface area contributed by atoms with Crippen LogP contribution in [0.2, 0.25) is 0 Å². The van der Waals surface area contributed by atoms with Gasteiger partial charge in [0.05, 0.1) is 5.69 Å². The van der Waals surface area contributed by atoms with Crippen molar-refractivity contribution in [1.29, 1.82) is 0 Å². The first kappa shape index (κ1) is 13.1. The van der Waals surface area contributed by atoms with Gasteiger partial charge in [-0.15, -0.1) is 11.3 Å². The van der Waals surface area contributed by atoms with Gasteiger partial charge in [-0.1, -0.05) is 0 Å². The molecule has 0 bridgehead atoms. The summed E-state index contributed by atoms with van der Waals surface area (Å²) in [6, 6.07) is 0. The van der Waals surface area contributed by atoms with Crippen molar-refractivity contribution in [1.82, 2.24) is 9.88 Å². The summed E-state index contributed by atoms with van der Waals surface area (Å²) in [5.74, 6) is -1.15. The van der Waals surface area contributed by atoms with Crippen molar-refractivity contribution < 1.29 is 28.8 Å². The summed E-state index contributed by atoms with van der Waals surface area (Å²) < 4.78 is 0. The standard InChI is InChI=1S/C11H14N2O2S.Li/c1-11(3-4-11)13-5-2-7-8(6-13)16-9(12-7)10(14)15;/h2-6H2,1H3,(H,14,15);/q;+1/p-1. The van der Waals surface area contributed by atoms with E-state index in [0.717, 1.165) is 30.1 Å². The minimum atomic E-state index is -1.15. The Bertz CT molecular complexity index is 456. The fourth-order valence-corrected chi connectivity index (χ4v) is 3.20. The minimum Gasteiger partial charge on any atom is -0.542 e. The number of hydrogen-bond donors (Lipinski definition) is 0. The zero-order valence-corrected chi connectivity index (χ0v) is 11.0. The van der Waals surface area contributed by atoms with Gasteiger partial charge < -0.3 is 9.90 Å². The molecule has 0 aromatic carbocycles. The molecule has 17 heavy (non-hydrogen) atoms. The smallest absolute Gasteiger partial charge is 0.542 e. The van der Waals surface area contributed by atoms with Crippen LogP contribution in [0.4, 0.5) is 0 Å². The summed E-state index contributed by atoms with van der Waals surface area (Å²) in [6.45, 7) is 4.13. The maximum atomic E-state index is 10.7.